The molecular weight excluding hydrogens is 414 g/mol. The lowest BCUT2D eigenvalue weighted by Crippen LogP contribution is -2.41. The second-order valence-corrected chi connectivity index (χ2v) is 10.5. The van der Waals surface area contributed by atoms with Crippen molar-refractivity contribution in [2.75, 3.05) is 0 Å². The maximum absolute atomic E-state index is 13.4. The van der Waals surface area contributed by atoms with Crippen molar-refractivity contribution in [1.29, 1.82) is 0 Å². The normalized spacial score (nSPS) is 30.3. The molecule has 2 nitrogen and oxygen atoms in total. The monoisotopic (exact) mass is 444 g/mol. The van der Waals surface area contributed by atoms with E-state index in [-0.39, 0.29) is 37.5 Å². The van der Waals surface area contributed by atoms with Gasteiger partial charge in [-0.25, -0.2) is 8.78 Å². The minimum atomic E-state index is -4.17. The summed E-state index contributed by atoms with van der Waals surface area (Å²) < 4.78 is 78.7. The van der Waals surface area contributed by atoms with E-state index in [2.05, 4.69) is 0 Å². The van der Waals surface area contributed by atoms with Crippen molar-refractivity contribution >= 4 is 12.6 Å². The van der Waals surface area contributed by atoms with E-state index in [0.717, 1.165) is 16.6 Å². The predicted octanol–water partition coefficient (Wildman–Crippen LogP) is 6.33. The van der Waals surface area contributed by atoms with Crippen molar-refractivity contribution in [1.82, 2.24) is 0 Å². The van der Waals surface area contributed by atoms with Crippen molar-refractivity contribution in [3.8, 4) is 0 Å². The van der Waals surface area contributed by atoms with Gasteiger partial charge in [0.05, 0.1) is 17.1 Å². The second-order valence-electron chi connectivity index (χ2n) is 10.5. The highest BCUT2D eigenvalue weighted by molar-refractivity contribution is 6.62. The van der Waals surface area contributed by atoms with Gasteiger partial charge in [-0.1, -0.05) is 18.2 Å². The van der Waals surface area contributed by atoms with Crippen LogP contribution in [-0.4, -0.2) is 30.4 Å². The molecule has 0 amide bonds. The average Bonchev–Trinajstić information content (AvgIpc) is 2.86. The zero-order chi connectivity index (χ0) is 22.8. The first-order valence-corrected chi connectivity index (χ1v) is 11.1. The molecule has 3 aliphatic rings. The van der Waals surface area contributed by atoms with E-state index in [1.165, 1.54) is 0 Å². The topological polar surface area (TPSA) is 18.5 Å². The van der Waals surface area contributed by atoms with Crippen LogP contribution in [0.1, 0.15) is 89.2 Å². The van der Waals surface area contributed by atoms with Crippen LogP contribution in [0.5, 0.6) is 0 Å². The average molecular weight is 444 g/mol. The first kappa shape index (κ1) is 23.0. The van der Waals surface area contributed by atoms with Crippen LogP contribution in [0.3, 0.4) is 0 Å². The van der Waals surface area contributed by atoms with E-state index in [0.29, 0.717) is 12.8 Å². The summed E-state index contributed by atoms with van der Waals surface area (Å²) in [5.41, 5.74) is 1.45. The summed E-state index contributed by atoms with van der Waals surface area (Å²) in [6.07, 6.45) is -3.52. The highest BCUT2D eigenvalue weighted by Gasteiger charge is 2.53. The molecule has 1 heterocycles. The first-order chi connectivity index (χ1) is 14.2. The number of alkyl halides is 5. The van der Waals surface area contributed by atoms with Gasteiger partial charge < -0.3 is 9.31 Å². The lowest BCUT2D eigenvalue weighted by atomic mass is 9.67. The Kier molecular flexibility index (Phi) is 5.53. The molecule has 0 radical (unpaired) electrons. The summed E-state index contributed by atoms with van der Waals surface area (Å²) in [6, 6.07) is 5.66. The zero-order valence-corrected chi connectivity index (χ0v) is 18.5. The van der Waals surface area contributed by atoms with E-state index < -0.39 is 36.3 Å². The van der Waals surface area contributed by atoms with Gasteiger partial charge in [0.15, 0.2) is 0 Å². The van der Waals surface area contributed by atoms with Gasteiger partial charge >= 0.3 is 13.3 Å². The maximum Gasteiger partial charge on any atom is 0.495 e. The van der Waals surface area contributed by atoms with Crippen molar-refractivity contribution in [2.24, 2.45) is 5.92 Å². The molecule has 0 unspecified atom stereocenters. The van der Waals surface area contributed by atoms with E-state index in [4.69, 9.17) is 9.31 Å². The van der Waals surface area contributed by atoms with E-state index >= 15 is 0 Å². The Hall–Kier alpha value is -1.15. The number of hydrogen-bond acceptors (Lipinski definition) is 2. The summed E-state index contributed by atoms with van der Waals surface area (Å²) in [5, 5.41) is 0. The van der Waals surface area contributed by atoms with Crippen LogP contribution in [0.25, 0.3) is 0 Å². The fourth-order valence-electron chi connectivity index (χ4n) is 5.01. The molecular formula is C23H30BF5O2. The molecule has 8 heteroatoms. The summed E-state index contributed by atoms with van der Waals surface area (Å²) in [7, 11) is -0.628. The number of benzene rings is 1. The third-order valence-electron chi connectivity index (χ3n) is 7.81. The smallest absolute Gasteiger partial charge is 0.399 e. The Balaban J connectivity index is 1.63. The summed E-state index contributed by atoms with van der Waals surface area (Å²) >= 11 is 0. The lowest BCUT2D eigenvalue weighted by molar-refractivity contribution is -0.182. The van der Waals surface area contributed by atoms with Crippen molar-refractivity contribution in [3.05, 3.63) is 29.3 Å². The maximum atomic E-state index is 13.4. The summed E-state index contributed by atoms with van der Waals surface area (Å²) in [5.74, 6) is -4.17. The molecule has 2 saturated carbocycles. The van der Waals surface area contributed by atoms with Crippen molar-refractivity contribution < 1.29 is 31.3 Å². The minimum absolute atomic E-state index is 0.0619. The predicted molar refractivity (Wildman–Crippen MR) is 110 cm³/mol. The van der Waals surface area contributed by atoms with Gasteiger partial charge in [0.25, 0.3) is 0 Å². The van der Waals surface area contributed by atoms with Gasteiger partial charge in [-0.3, -0.25) is 0 Å². The minimum Gasteiger partial charge on any atom is -0.399 e. The SMILES string of the molecule is CC1(C)OB(c2ccc(C3CC(F)(F)C3)cc2[C@H]2CC[C@@H](C(F)(F)F)CC2)OC1(C)C. The lowest BCUT2D eigenvalue weighted by Gasteiger charge is -2.36. The number of rotatable bonds is 3. The quantitative estimate of drug-likeness (QED) is 0.401. The molecule has 172 valence electrons. The van der Waals surface area contributed by atoms with Gasteiger partial charge in [0.2, 0.25) is 5.92 Å². The van der Waals surface area contributed by atoms with Crippen molar-refractivity contribution in [3.63, 3.8) is 0 Å². The van der Waals surface area contributed by atoms with Crippen molar-refractivity contribution in [2.45, 2.75) is 101 Å². The standard InChI is InChI=1S/C23H30BF5O2/c1-20(2)21(3,4)31-24(30-20)19-10-7-15(16-12-22(25,26)13-16)11-18(19)14-5-8-17(9-6-14)23(27,28)29/h7,10-11,14,16-17H,5-6,8-9,12-13H2,1-4H3/t14-,17+. The first-order valence-electron chi connectivity index (χ1n) is 11.1. The third-order valence-corrected chi connectivity index (χ3v) is 7.81. The molecule has 1 aromatic carbocycles. The fraction of sp³-hybridized carbons (Fsp3) is 0.739. The fourth-order valence-corrected chi connectivity index (χ4v) is 5.01. The molecule has 0 bridgehead atoms. The molecule has 1 aliphatic heterocycles. The molecule has 2 aliphatic carbocycles. The van der Waals surface area contributed by atoms with Gasteiger partial charge in [0.1, 0.15) is 0 Å². The summed E-state index contributed by atoms with van der Waals surface area (Å²) in [6.45, 7) is 7.80. The molecule has 4 rings (SSSR count). The van der Waals surface area contributed by atoms with Gasteiger partial charge in [-0.05, 0) is 81.8 Å². The van der Waals surface area contributed by atoms with Crippen LogP contribution in [0.2, 0.25) is 0 Å². The van der Waals surface area contributed by atoms with Gasteiger partial charge in [-0.2, -0.15) is 13.2 Å². The van der Waals surface area contributed by atoms with E-state index in [9.17, 15) is 22.0 Å². The Labute approximate surface area is 181 Å². The largest absolute Gasteiger partial charge is 0.495 e. The third kappa shape index (κ3) is 4.39. The van der Waals surface area contributed by atoms with Gasteiger partial charge in [-0.15, -0.1) is 0 Å². The van der Waals surface area contributed by atoms with E-state index in [1.807, 2.05) is 45.9 Å². The molecule has 1 aromatic rings. The van der Waals surface area contributed by atoms with Crippen LogP contribution in [0.15, 0.2) is 18.2 Å². The highest BCUT2D eigenvalue weighted by atomic mass is 19.4. The Morgan fingerprint density at radius 3 is 1.90 bits per heavy atom. The second kappa shape index (κ2) is 7.44. The molecule has 0 atom stereocenters. The number of hydrogen-bond donors (Lipinski definition) is 0. The Bertz CT molecular complexity index is 804. The van der Waals surface area contributed by atoms with Crippen LogP contribution in [-0.2, 0) is 9.31 Å². The summed E-state index contributed by atoms with van der Waals surface area (Å²) in [4.78, 5) is 0. The molecule has 0 aromatic heterocycles. The molecule has 0 N–H and O–H groups in total. The molecule has 1 saturated heterocycles. The highest BCUT2D eigenvalue weighted by Crippen LogP contribution is 2.49. The molecule has 31 heavy (non-hydrogen) atoms. The van der Waals surface area contributed by atoms with Crippen LogP contribution >= 0.6 is 0 Å². The van der Waals surface area contributed by atoms with Crippen LogP contribution in [0.4, 0.5) is 22.0 Å². The molecule has 0 spiro atoms. The van der Waals surface area contributed by atoms with E-state index in [1.54, 1.807) is 0 Å². The zero-order valence-electron chi connectivity index (χ0n) is 18.5. The van der Waals surface area contributed by atoms with Crippen LogP contribution in [0, 0.1) is 5.92 Å². The molecule has 3 fully saturated rings. The Morgan fingerprint density at radius 1 is 0.871 bits per heavy atom. The number of halogens is 5. The van der Waals surface area contributed by atoms with Crippen LogP contribution < -0.4 is 5.46 Å². The van der Waals surface area contributed by atoms with Gasteiger partial charge in [0, 0.05) is 12.8 Å². The Morgan fingerprint density at radius 2 is 1.42 bits per heavy atom.